The fourth-order valence-corrected chi connectivity index (χ4v) is 0.188. The highest BCUT2D eigenvalue weighted by Crippen LogP contribution is 2.16. The fraction of sp³-hybridized carbons (Fsp3) is 0.500. The molecule has 0 bridgehead atoms. The van der Waals surface area contributed by atoms with E-state index < -0.39 is 18.1 Å². The van der Waals surface area contributed by atoms with Gasteiger partial charge in [-0.25, -0.2) is 4.79 Å². The van der Waals surface area contributed by atoms with E-state index in [1.807, 2.05) is 0 Å². The largest absolute Gasteiger partial charge is 0.491 e. The lowest BCUT2D eigenvalue weighted by Gasteiger charge is -2.01. The maximum absolute atomic E-state index is 11.2. The normalized spacial score (nSPS) is 9.82. The number of halogens is 3. The van der Waals surface area contributed by atoms with Crippen LogP contribution in [0, 0.1) is 0 Å². The number of alkyl halides is 3. The number of hydrogen-bond donors (Lipinski definition) is 0. The molecule has 0 fully saturated rings. The Hall–Kier alpha value is -1.11. The topological polar surface area (TPSA) is 74.9 Å². The van der Waals surface area contributed by atoms with Crippen molar-refractivity contribution in [2.45, 2.75) is 13.1 Å². The van der Waals surface area contributed by atoms with E-state index in [0.717, 1.165) is 0 Å². The van der Waals surface area contributed by atoms with E-state index in [9.17, 15) is 22.8 Å². The molecule has 0 aliphatic rings. The second-order valence-corrected chi connectivity index (χ2v) is 1.38. The van der Waals surface area contributed by atoms with Gasteiger partial charge in [0.25, 0.3) is 0 Å². The smallest absolute Gasteiger partial charge is 0.412 e. The average molecular weight is 174 g/mol. The molecule has 0 aromatic heterocycles. The lowest BCUT2D eigenvalue weighted by molar-refractivity contribution is -0.201. The second-order valence-electron chi connectivity index (χ2n) is 1.38. The van der Waals surface area contributed by atoms with Gasteiger partial charge in [-0.05, 0) is 0 Å². The Morgan fingerprint density at radius 2 is 1.64 bits per heavy atom. The SMILES string of the molecule is CC(=O)OC(=O)C(F)(F)F.O. The van der Waals surface area contributed by atoms with Crippen LogP contribution in [0.1, 0.15) is 6.92 Å². The van der Waals surface area contributed by atoms with Gasteiger partial charge in [-0.3, -0.25) is 4.79 Å². The third-order valence-electron chi connectivity index (χ3n) is 0.468. The van der Waals surface area contributed by atoms with Gasteiger partial charge in [0, 0.05) is 6.92 Å². The third kappa shape index (κ3) is 5.34. The van der Waals surface area contributed by atoms with Crippen molar-refractivity contribution in [2.75, 3.05) is 0 Å². The standard InChI is InChI=1S/C4H3F3O3.H2O/c1-2(8)10-3(9)4(5,6)7;/h1H3;1H2. The number of ether oxygens (including phenoxy) is 1. The summed E-state index contributed by atoms with van der Waals surface area (Å²) < 4.78 is 36.8. The highest BCUT2D eigenvalue weighted by Gasteiger charge is 2.41. The summed E-state index contributed by atoms with van der Waals surface area (Å²) >= 11 is 0. The Labute approximate surface area is 59.2 Å². The van der Waals surface area contributed by atoms with E-state index in [4.69, 9.17) is 0 Å². The van der Waals surface area contributed by atoms with Crippen molar-refractivity contribution in [3.63, 3.8) is 0 Å². The van der Waals surface area contributed by atoms with Crippen LogP contribution in [-0.2, 0) is 14.3 Å². The molecule has 0 spiro atoms. The van der Waals surface area contributed by atoms with Crippen LogP contribution in [0.4, 0.5) is 13.2 Å². The molecular weight excluding hydrogens is 169 g/mol. The Morgan fingerprint density at radius 3 is 1.73 bits per heavy atom. The van der Waals surface area contributed by atoms with E-state index in [1.54, 1.807) is 0 Å². The maximum atomic E-state index is 11.2. The number of esters is 2. The molecule has 0 aromatic carbocycles. The van der Waals surface area contributed by atoms with Gasteiger partial charge in [-0.1, -0.05) is 0 Å². The Kier molecular flexibility index (Phi) is 4.47. The molecule has 7 heteroatoms. The van der Waals surface area contributed by atoms with Gasteiger partial charge >= 0.3 is 18.1 Å². The lowest BCUT2D eigenvalue weighted by atomic mass is 10.6. The number of carbonyl (C=O) groups excluding carboxylic acids is 2. The van der Waals surface area contributed by atoms with Crippen LogP contribution in [0.2, 0.25) is 0 Å². The van der Waals surface area contributed by atoms with Gasteiger partial charge in [0.05, 0.1) is 0 Å². The van der Waals surface area contributed by atoms with Crippen molar-refractivity contribution >= 4 is 11.9 Å². The number of carbonyl (C=O) groups is 2. The molecule has 11 heavy (non-hydrogen) atoms. The van der Waals surface area contributed by atoms with Gasteiger partial charge in [0.2, 0.25) is 0 Å². The molecule has 0 rings (SSSR count). The zero-order chi connectivity index (χ0) is 8.36. The summed E-state index contributed by atoms with van der Waals surface area (Å²) in [5, 5.41) is 0. The highest BCUT2D eigenvalue weighted by atomic mass is 19.4. The molecule has 0 heterocycles. The monoisotopic (exact) mass is 174 g/mol. The van der Waals surface area contributed by atoms with Crippen LogP contribution in [0.5, 0.6) is 0 Å². The first kappa shape index (κ1) is 12.6. The summed E-state index contributed by atoms with van der Waals surface area (Å²) in [6.07, 6.45) is -5.09. The molecule has 0 saturated heterocycles. The minimum Gasteiger partial charge on any atom is -0.412 e. The first-order valence-corrected chi connectivity index (χ1v) is 2.13. The summed E-state index contributed by atoms with van der Waals surface area (Å²) in [5.74, 6) is -3.76. The quantitative estimate of drug-likeness (QED) is 0.377. The predicted octanol–water partition coefficient (Wildman–Crippen LogP) is -0.186. The van der Waals surface area contributed by atoms with Gasteiger partial charge in [0.15, 0.2) is 0 Å². The Bertz CT molecular complexity index is 161. The molecule has 0 atom stereocenters. The minimum absolute atomic E-state index is 0. The van der Waals surface area contributed by atoms with Crippen molar-refractivity contribution in [1.82, 2.24) is 0 Å². The van der Waals surface area contributed by atoms with Gasteiger partial charge in [-0.15, -0.1) is 0 Å². The van der Waals surface area contributed by atoms with Crippen LogP contribution in [0.15, 0.2) is 0 Å². The lowest BCUT2D eigenvalue weighted by Crippen LogP contribution is -2.26. The van der Waals surface area contributed by atoms with E-state index in [0.29, 0.717) is 6.92 Å². The molecular formula is C4H5F3O4. The molecule has 0 saturated carbocycles. The second kappa shape index (κ2) is 3.91. The zero-order valence-electron chi connectivity index (χ0n) is 5.36. The summed E-state index contributed by atoms with van der Waals surface area (Å²) in [4.78, 5) is 19.5. The highest BCUT2D eigenvalue weighted by molar-refractivity contribution is 5.87. The van der Waals surface area contributed by atoms with E-state index in [1.165, 1.54) is 0 Å². The van der Waals surface area contributed by atoms with Crippen LogP contribution in [0.25, 0.3) is 0 Å². The summed E-state index contributed by atoms with van der Waals surface area (Å²) in [6, 6.07) is 0. The molecule has 0 radical (unpaired) electrons. The van der Waals surface area contributed by atoms with Gasteiger partial charge in [0.1, 0.15) is 0 Å². The molecule has 0 unspecified atom stereocenters. The third-order valence-corrected chi connectivity index (χ3v) is 0.468. The first-order chi connectivity index (χ1) is 4.34. The van der Waals surface area contributed by atoms with Crippen LogP contribution < -0.4 is 0 Å². The van der Waals surface area contributed by atoms with Crippen molar-refractivity contribution in [2.24, 2.45) is 0 Å². The van der Waals surface area contributed by atoms with Crippen molar-refractivity contribution < 1.29 is 33.0 Å². The fourth-order valence-electron chi connectivity index (χ4n) is 0.188. The summed E-state index contributed by atoms with van der Waals surface area (Å²) in [5.41, 5.74) is 0. The number of rotatable bonds is 0. The predicted molar refractivity (Wildman–Crippen MR) is 26.4 cm³/mol. The van der Waals surface area contributed by atoms with Crippen molar-refractivity contribution in [3.05, 3.63) is 0 Å². The first-order valence-electron chi connectivity index (χ1n) is 2.13. The van der Waals surface area contributed by atoms with Gasteiger partial charge < -0.3 is 10.2 Å². The molecule has 4 nitrogen and oxygen atoms in total. The van der Waals surface area contributed by atoms with Crippen molar-refractivity contribution in [3.8, 4) is 0 Å². The van der Waals surface area contributed by atoms with Crippen LogP contribution in [-0.4, -0.2) is 23.6 Å². The van der Waals surface area contributed by atoms with Gasteiger partial charge in [-0.2, -0.15) is 13.2 Å². The molecule has 0 aliphatic carbocycles. The van der Waals surface area contributed by atoms with Crippen LogP contribution >= 0.6 is 0 Å². The molecule has 0 aromatic rings. The summed E-state index contributed by atoms with van der Waals surface area (Å²) in [6.45, 7) is 0.712. The molecule has 2 N–H and O–H groups in total. The molecule has 0 amide bonds. The average Bonchev–Trinajstić information content (AvgIpc) is 1.60. The minimum atomic E-state index is -5.09. The van der Waals surface area contributed by atoms with Crippen molar-refractivity contribution in [1.29, 1.82) is 0 Å². The van der Waals surface area contributed by atoms with E-state index >= 15 is 0 Å². The number of hydrogen-bond acceptors (Lipinski definition) is 3. The molecule has 66 valence electrons. The Balaban J connectivity index is 0. The molecule has 0 aliphatic heterocycles. The van der Waals surface area contributed by atoms with Crippen LogP contribution in [0.3, 0.4) is 0 Å². The summed E-state index contributed by atoms with van der Waals surface area (Å²) in [7, 11) is 0. The van der Waals surface area contributed by atoms with E-state index in [-0.39, 0.29) is 5.48 Å². The Morgan fingerprint density at radius 1 is 1.27 bits per heavy atom. The van der Waals surface area contributed by atoms with E-state index in [2.05, 4.69) is 4.74 Å². The maximum Gasteiger partial charge on any atom is 0.491 e. The zero-order valence-corrected chi connectivity index (χ0v) is 5.36.